The van der Waals surface area contributed by atoms with E-state index in [0.29, 0.717) is 39.2 Å². The smallest absolute Gasteiger partial charge is 0.251 e. The monoisotopic (exact) mass is 664 g/mol. The molecule has 1 unspecified atom stereocenters. The molecular weight excluding hydrogens is 627 g/mol. The molecule has 2 amide bonds. The lowest BCUT2D eigenvalue weighted by Gasteiger charge is -2.32. The maximum absolute atomic E-state index is 14.4. The highest BCUT2D eigenvalue weighted by Crippen LogP contribution is 2.42. The Morgan fingerprint density at radius 2 is 1.43 bits per heavy atom. The van der Waals surface area contributed by atoms with Crippen molar-refractivity contribution < 1.29 is 37.7 Å². The molecule has 0 spiro atoms. The van der Waals surface area contributed by atoms with E-state index in [4.69, 9.17) is 23.7 Å². The van der Waals surface area contributed by atoms with E-state index in [1.165, 1.54) is 52.6 Å². The van der Waals surface area contributed by atoms with Gasteiger partial charge in [0.25, 0.3) is 5.91 Å². The normalized spacial score (nSPS) is 11.3. The fourth-order valence-electron chi connectivity index (χ4n) is 4.91. The second-order valence-corrected chi connectivity index (χ2v) is 11.2. The van der Waals surface area contributed by atoms with Crippen LogP contribution in [0.4, 0.5) is 10.1 Å². The Bertz CT molecular complexity index is 1680. The zero-order chi connectivity index (χ0) is 34.1. The molecule has 11 nitrogen and oxygen atoms in total. The van der Waals surface area contributed by atoms with E-state index in [0.717, 1.165) is 23.1 Å². The maximum atomic E-state index is 14.4. The lowest BCUT2D eigenvalue weighted by atomic mass is 10.0. The molecule has 0 aliphatic rings. The fraction of sp³-hybridized carbons (Fsp3) is 0.294. The molecule has 248 valence electrons. The Kier molecular flexibility index (Phi) is 11.8. The number of rotatable bonds is 14. The van der Waals surface area contributed by atoms with Crippen molar-refractivity contribution in [3.8, 4) is 28.7 Å². The fourth-order valence-corrected chi connectivity index (χ4v) is 5.75. The number of benzene rings is 3. The molecule has 0 aliphatic heterocycles. The standard InChI is InChI=1S/C34H37FN4O7S/c1-20-14-21(2)37-34(36-20)47-19-30(40)39(18-22-8-10-24(35)11-9-22)31(23-15-28(44-5)32(46-7)29(16-23)45-6)33(41)38-26-13-12-25(42-3)17-27(26)43-4/h8-17,31H,18-19H2,1-7H3,(H,38,41). The molecule has 1 N–H and O–H groups in total. The maximum Gasteiger partial charge on any atom is 0.251 e. The molecule has 13 heteroatoms. The second-order valence-electron chi connectivity index (χ2n) is 10.3. The van der Waals surface area contributed by atoms with E-state index >= 15 is 0 Å². The van der Waals surface area contributed by atoms with Gasteiger partial charge < -0.3 is 33.9 Å². The van der Waals surface area contributed by atoms with Gasteiger partial charge in [-0.2, -0.15) is 0 Å². The lowest BCUT2D eigenvalue weighted by Crippen LogP contribution is -2.42. The number of amides is 2. The number of hydrogen-bond donors (Lipinski definition) is 1. The molecule has 1 heterocycles. The molecule has 3 aromatic carbocycles. The summed E-state index contributed by atoms with van der Waals surface area (Å²) in [4.78, 5) is 39.0. The molecule has 0 radical (unpaired) electrons. The summed E-state index contributed by atoms with van der Waals surface area (Å²) >= 11 is 1.15. The average Bonchev–Trinajstić information content (AvgIpc) is 3.06. The second kappa shape index (κ2) is 16.0. The lowest BCUT2D eigenvalue weighted by molar-refractivity contribution is -0.137. The summed E-state index contributed by atoms with van der Waals surface area (Å²) < 4.78 is 41.4. The first kappa shape index (κ1) is 34.8. The topological polar surface area (TPSA) is 121 Å². The third-order valence-electron chi connectivity index (χ3n) is 7.10. The molecule has 0 saturated heterocycles. The Morgan fingerprint density at radius 3 is 1.98 bits per heavy atom. The number of nitrogens with zero attached hydrogens (tertiary/aromatic N) is 3. The van der Waals surface area contributed by atoms with Crippen molar-refractivity contribution in [2.75, 3.05) is 46.6 Å². The molecule has 0 saturated carbocycles. The molecule has 47 heavy (non-hydrogen) atoms. The molecule has 0 aliphatic carbocycles. The highest BCUT2D eigenvalue weighted by molar-refractivity contribution is 7.99. The number of carbonyl (C=O) groups excluding carboxylic acids is 2. The number of aromatic nitrogens is 2. The minimum absolute atomic E-state index is 0.0398. The van der Waals surface area contributed by atoms with Crippen LogP contribution in [0.25, 0.3) is 0 Å². The van der Waals surface area contributed by atoms with E-state index < -0.39 is 23.7 Å². The zero-order valence-corrected chi connectivity index (χ0v) is 28.1. The van der Waals surface area contributed by atoms with Gasteiger partial charge in [0, 0.05) is 24.0 Å². The van der Waals surface area contributed by atoms with Gasteiger partial charge in [-0.15, -0.1) is 0 Å². The minimum atomic E-state index is -1.24. The van der Waals surface area contributed by atoms with Crippen LogP contribution in [0.2, 0.25) is 0 Å². The zero-order valence-electron chi connectivity index (χ0n) is 27.3. The summed E-state index contributed by atoms with van der Waals surface area (Å²) in [5, 5.41) is 3.34. The number of ether oxygens (including phenoxy) is 5. The van der Waals surface area contributed by atoms with Gasteiger partial charge in [0.15, 0.2) is 16.7 Å². The number of anilines is 1. The van der Waals surface area contributed by atoms with E-state index in [2.05, 4.69) is 15.3 Å². The van der Waals surface area contributed by atoms with Gasteiger partial charge in [-0.3, -0.25) is 9.59 Å². The molecule has 0 fully saturated rings. The summed E-state index contributed by atoms with van der Waals surface area (Å²) in [6.45, 7) is 3.65. The number of thioether (sulfide) groups is 1. The largest absolute Gasteiger partial charge is 0.497 e. The van der Waals surface area contributed by atoms with Gasteiger partial charge in [0.05, 0.1) is 47.0 Å². The minimum Gasteiger partial charge on any atom is -0.497 e. The number of carbonyl (C=O) groups is 2. The highest BCUT2D eigenvalue weighted by atomic mass is 32.2. The predicted octanol–water partition coefficient (Wildman–Crippen LogP) is 5.78. The predicted molar refractivity (Wildman–Crippen MR) is 176 cm³/mol. The number of nitrogens with one attached hydrogen (secondary N) is 1. The summed E-state index contributed by atoms with van der Waals surface area (Å²) in [7, 11) is 7.38. The Hall–Kier alpha value is -5.04. The molecule has 1 atom stereocenters. The Balaban J connectivity index is 1.85. The van der Waals surface area contributed by atoms with Gasteiger partial charge in [0.2, 0.25) is 11.7 Å². The van der Waals surface area contributed by atoms with Crippen LogP contribution >= 0.6 is 11.8 Å². The van der Waals surface area contributed by atoms with Crippen molar-refractivity contribution in [3.63, 3.8) is 0 Å². The summed E-state index contributed by atoms with van der Waals surface area (Å²) in [5.74, 6) is 0.268. The molecule has 4 aromatic rings. The van der Waals surface area contributed by atoms with Gasteiger partial charge >= 0.3 is 0 Å². The third-order valence-corrected chi connectivity index (χ3v) is 7.93. The quantitative estimate of drug-likeness (QED) is 0.131. The Morgan fingerprint density at radius 1 is 0.809 bits per heavy atom. The van der Waals surface area contributed by atoms with Gasteiger partial charge in [-0.25, -0.2) is 14.4 Å². The molecule has 1 aromatic heterocycles. The van der Waals surface area contributed by atoms with Crippen molar-refractivity contribution in [1.29, 1.82) is 0 Å². The van der Waals surface area contributed by atoms with Crippen LogP contribution < -0.4 is 29.0 Å². The SMILES string of the molecule is COc1ccc(NC(=O)C(c2cc(OC)c(OC)c(OC)c2)N(Cc2ccc(F)cc2)C(=O)CSc2nc(C)cc(C)n2)c(OC)c1. The molecular formula is C34H37FN4O7S. The summed E-state index contributed by atoms with van der Waals surface area (Å²) in [6.07, 6.45) is 0. The number of halogens is 1. The van der Waals surface area contributed by atoms with Gasteiger partial charge in [0.1, 0.15) is 23.4 Å². The summed E-state index contributed by atoms with van der Waals surface area (Å²) in [5.41, 5.74) is 2.84. The van der Waals surface area contributed by atoms with Gasteiger partial charge in [-0.1, -0.05) is 23.9 Å². The first-order chi connectivity index (χ1) is 22.6. The number of methoxy groups -OCH3 is 5. The van der Waals surface area contributed by atoms with E-state index in [1.54, 1.807) is 42.5 Å². The first-order valence-corrected chi connectivity index (χ1v) is 15.4. The highest BCUT2D eigenvalue weighted by Gasteiger charge is 2.34. The van der Waals surface area contributed by atoms with Crippen LogP contribution in [0.15, 0.2) is 65.8 Å². The van der Waals surface area contributed by atoms with Crippen molar-refractivity contribution >= 4 is 29.3 Å². The van der Waals surface area contributed by atoms with Crippen molar-refractivity contribution in [2.45, 2.75) is 31.6 Å². The summed E-state index contributed by atoms with van der Waals surface area (Å²) in [6, 6.07) is 14.5. The van der Waals surface area contributed by atoms with Crippen LogP contribution in [-0.4, -0.2) is 68.0 Å². The van der Waals surface area contributed by atoms with E-state index in [-0.39, 0.29) is 23.8 Å². The van der Waals surface area contributed by atoms with Crippen LogP contribution in [-0.2, 0) is 16.1 Å². The third kappa shape index (κ3) is 8.61. The average molecular weight is 665 g/mol. The first-order valence-electron chi connectivity index (χ1n) is 14.4. The van der Waals surface area contributed by atoms with Crippen LogP contribution in [0.3, 0.4) is 0 Å². The molecule has 4 rings (SSSR count). The molecule has 0 bridgehead atoms. The Labute approximate surface area is 277 Å². The van der Waals surface area contributed by atoms with E-state index in [9.17, 15) is 14.0 Å². The number of hydrogen-bond acceptors (Lipinski definition) is 10. The van der Waals surface area contributed by atoms with E-state index in [1.807, 2.05) is 19.9 Å². The van der Waals surface area contributed by atoms with Crippen molar-refractivity contribution in [2.24, 2.45) is 0 Å². The van der Waals surface area contributed by atoms with Crippen LogP contribution in [0.1, 0.15) is 28.6 Å². The van der Waals surface area contributed by atoms with Crippen LogP contribution in [0.5, 0.6) is 28.7 Å². The number of aryl methyl sites for hydroxylation is 2. The van der Waals surface area contributed by atoms with Crippen molar-refractivity contribution in [3.05, 3.63) is 89.0 Å². The van der Waals surface area contributed by atoms with Crippen molar-refractivity contribution in [1.82, 2.24) is 14.9 Å². The van der Waals surface area contributed by atoms with Gasteiger partial charge in [-0.05, 0) is 67.4 Å². The van der Waals surface area contributed by atoms with Crippen LogP contribution in [0, 0.1) is 19.7 Å².